The molecule has 2 saturated heterocycles. The van der Waals surface area contributed by atoms with Crippen molar-refractivity contribution < 1.29 is 57.8 Å². The van der Waals surface area contributed by atoms with Crippen LogP contribution in [0.4, 0.5) is 0 Å². The van der Waals surface area contributed by atoms with Gasteiger partial charge in [-0.2, -0.15) is 0 Å². The van der Waals surface area contributed by atoms with Crippen LogP contribution in [0.1, 0.15) is 39.5 Å². The summed E-state index contributed by atoms with van der Waals surface area (Å²) >= 11 is 0. The molecule has 0 aromatic heterocycles. The monoisotopic (exact) mass is 614 g/mol. The highest BCUT2D eigenvalue weighted by atomic mass is 16.6. The number of methoxy groups -OCH3 is 1. The zero-order valence-corrected chi connectivity index (χ0v) is 24.9. The number of ether oxygens (including phenoxy) is 6. The summed E-state index contributed by atoms with van der Waals surface area (Å²) in [5, 5.41) is 22.8. The van der Waals surface area contributed by atoms with E-state index in [0.29, 0.717) is 0 Å². The Bertz CT molecular complexity index is 1340. The van der Waals surface area contributed by atoms with Crippen LogP contribution in [0.5, 0.6) is 0 Å². The first kappa shape index (κ1) is 30.7. The molecule has 0 radical (unpaired) electrons. The van der Waals surface area contributed by atoms with Gasteiger partial charge in [-0.05, 0) is 43.8 Å². The largest absolute Gasteiger partial charge is 0.498 e. The summed E-state index contributed by atoms with van der Waals surface area (Å²) in [6, 6.07) is 0. The van der Waals surface area contributed by atoms with Crippen LogP contribution in [0.25, 0.3) is 0 Å². The number of allylic oxidation sites excluding steroid dienone is 1. The molecule has 238 valence electrons. The Labute approximate surface area is 254 Å². The quantitative estimate of drug-likeness (QED) is 0.189. The molecule has 12 nitrogen and oxygen atoms in total. The minimum Gasteiger partial charge on any atom is -0.498 e. The van der Waals surface area contributed by atoms with E-state index in [1.165, 1.54) is 13.2 Å². The van der Waals surface area contributed by atoms with Gasteiger partial charge in [0.2, 0.25) is 0 Å². The summed E-state index contributed by atoms with van der Waals surface area (Å²) < 4.78 is 34.2. The van der Waals surface area contributed by atoms with Gasteiger partial charge in [0.15, 0.2) is 6.10 Å². The van der Waals surface area contributed by atoms with E-state index in [0.717, 1.165) is 18.3 Å². The highest BCUT2D eigenvalue weighted by molar-refractivity contribution is 6.14. The molecule has 5 aliphatic heterocycles. The Morgan fingerprint density at radius 1 is 1.00 bits per heavy atom. The molecule has 12 heteroatoms. The lowest BCUT2D eigenvalue weighted by molar-refractivity contribution is -0.276. The smallest absolute Gasteiger partial charge is 0.346 e. The molecular weight excluding hydrogens is 576 g/mol. The second-order valence-corrected chi connectivity index (χ2v) is 12.5. The van der Waals surface area contributed by atoms with Crippen molar-refractivity contribution in [3.05, 3.63) is 47.3 Å². The highest BCUT2D eigenvalue weighted by Crippen LogP contribution is 2.59. The van der Waals surface area contributed by atoms with Gasteiger partial charge in [-0.1, -0.05) is 25.2 Å². The topological polar surface area (TPSA) is 164 Å². The van der Waals surface area contributed by atoms with E-state index >= 15 is 0 Å². The zero-order valence-electron chi connectivity index (χ0n) is 24.9. The lowest BCUT2D eigenvalue weighted by Crippen LogP contribution is -2.69. The summed E-state index contributed by atoms with van der Waals surface area (Å²) in [7, 11) is 1.41. The van der Waals surface area contributed by atoms with Crippen molar-refractivity contribution in [1.82, 2.24) is 0 Å². The van der Waals surface area contributed by atoms with E-state index < -0.39 is 59.8 Å². The number of rotatable bonds is 1. The minimum absolute atomic E-state index is 0.0265. The van der Waals surface area contributed by atoms with Crippen molar-refractivity contribution in [2.24, 2.45) is 29.6 Å². The van der Waals surface area contributed by atoms with E-state index in [-0.39, 0.29) is 73.4 Å². The SMILES string of the molecule is COC1CC2C=CC3CC4OC2(C(C)=CC2COC(=O)CCC5=C(/C=C/OCC(O)C2OC1=O)C(=O)OC5=O)C3C(O)C4C. The Morgan fingerprint density at radius 3 is 2.55 bits per heavy atom. The number of hydrogen-bond acceptors (Lipinski definition) is 12. The summed E-state index contributed by atoms with van der Waals surface area (Å²) in [4.78, 5) is 50.8. The molecule has 3 fully saturated rings. The number of aliphatic hydroxyl groups excluding tert-OH is 2. The van der Waals surface area contributed by atoms with Gasteiger partial charge in [0.25, 0.3) is 0 Å². The Hall–Kier alpha value is -3.32. The van der Waals surface area contributed by atoms with Crippen LogP contribution in [0.3, 0.4) is 0 Å². The number of hydrogen-bond donors (Lipinski definition) is 2. The molecule has 0 aromatic rings. The summed E-state index contributed by atoms with van der Waals surface area (Å²) in [6.45, 7) is 3.25. The summed E-state index contributed by atoms with van der Waals surface area (Å²) in [5.74, 6) is -4.51. The standard InChI is InChI=1S/C32H38O12/c1-15-10-18-13-41-25(34)7-6-20-21(30(37)43-29(20)36)8-9-40-14-22(33)28(18)42-31(38)24(39-3)12-19-5-4-17-11-23-16(2)27(35)26(17)32(15,19)44-23/h4-5,8-10,16-19,22-24,26-28,33,35H,6-7,11-14H2,1-3H3/b9-8+,15-10?. The highest BCUT2D eigenvalue weighted by Gasteiger charge is 2.64. The average molecular weight is 615 g/mol. The number of carbonyl (C=O) groups excluding carboxylic acids is 4. The molecule has 2 N–H and O–H groups in total. The normalized spacial score (nSPS) is 43.2. The number of aliphatic hydroxyl groups is 2. The van der Waals surface area contributed by atoms with Crippen LogP contribution in [0, 0.1) is 29.6 Å². The third kappa shape index (κ3) is 5.11. The Kier molecular flexibility index (Phi) is 8.29. The Morgan fingerprint density at radius 2 is 1.80 bits per heavy atom. The first-order valence-electron chi connectivity index (χ1n) is 15.1. The van der Waals surface area contributed by atoms with Crippen molar-refractivity contribution in [3.8, 4) is 0 Å². The van der Waals surface area contributed by atoms with Gasteiger partial charge in [-0.15, -0.1) is 0 Å². The lowest BCUT2D eigenvalue weighted by Gasteiger charge is -2.64. The summed E-state index contributed by atoms with van der Waals surface area (Å²) in [6.07, 6.45) is 4.57. The molecule has 11 atom stereocenters. The second kappa shape index (κ2) is 11.9. The summed E-state index contributed by atoms with van der Waals surface area (Å²) in [5.41, 5.74) is -0.212. The fourth-order valence-electron chi connectivity index (χ4n) is 7.90. The van der Waals surface area contributed by atoms with Crippen LogP contribution >= 0.6 is 0 Å². The van der Waals surface area contributed by atoms with Crippen molar-refractivity contribution in [2.75, 3.05) is 20.3 Å². The molecule has 0 amide bonds. The van der Waals surface area contributed by atoms with Gasteiger partial charge in [-0.25, -0.2) is 14.4 Å². The van der Waals surface area contributed by atoms with Crippen molar-refractivity contribution in [1.29, 1.82) is 0 Å². The Balaban J connectivity index is 1.39. The zero-order chi connectivity index (χ0) is 31.3. The van der Waals surface area contributed by atoms with Crippen LogP contribution in [0.15, 0.2) is 47.3 Å². The fraction of sp³-hybridized carbons (Fsp3) is 0.625. The molecule has 11 unspecified atom stereocenters. The van der Waals surface area contributed by atoms with E-state index in [1.807, 2.05) is 26.0 Å². The number of carbonyl (C=O) groups is 4. The van der Waals surface area contributed by atoms with Crippen LogP contribution in [-0.2, 0) is 47.6 Å². The average Bonchev–Trinajstić information content (AvgIpc) is 3.26. The maximum atomic E-state index is 13.6. The third-order valence-electron chi connectivity index (χ3n) is 10.2. The third-order valence-corrected chi connectivity index (χ3v) is 10.2. The van der Waals surface area contributed by atoms with E-state index in [2.05, 4.69) is 10.8 Å². The van der Waals surface area contributed by atoms with Crippen LogP contribution in [-0.4, -0.2) is 90.5 Å². The molecule has 7 rings (SSSR count). The first-order chi connectivity index (χ1) is 21.0. The molecular formula is C32H38O12. The number of fused-ring (bicyclic) bond motifs is 2. The van der Waals surface area contributed by atoms with Gasteiger partial charge in [0.05, 0.1) is 35.5 Å². The van der Waals surface area contributed by atoms with Gasteiger partial charge in [-0.3, -0.25) is 4.79 Å². The number of cyclic esters (lactones) is 3. The molecule has 0 aromatic carbocycles. The van der Waals surface area contributed by atoms with Crippen molar-refractivity contribution in [2.45, 2.75) is 75.7 Å². The molecule has 4 bridgehead atoms. The maximum absolute atomic E-state index is 13.6. The van der Waals surface area contributed by atoms with Crippen LogP contribution in [0.2, 0.25) is 0 Å². The molecule has 1 spiro atoms. The fourth-order valence-corrected chi connectivity index (χ4v) is 7.90. The molecule has 1 saturated carbocycles. The minimum atomic E-state index is -1.40. The van der Waals surface area contributed by atoms with Gasteiger partial charge in [0.1, 0.15) is 31.0 Å². The van der Waals surface area contributed by atoms with Crippen molar-refractivity contribution in [3.63, 3.8) is 0 Å². The van der Waals surface area contributed by atoms with Gasteiger partial charge >= 0.3 is 23.9 Å². The molecule has 2 aliphatic carbocycles. The predicted molar refractivity (Wildman–Crippen MR) is 149 cm³/mol. The molecule has 7 aliphatic rings. The predicted octanol–water partition coefficient (Wildman–Crippen LogP) is 1.44. The second-order valence-electron chi connectivity index (χ2n) is 12.5. The van der Waals surface area contributed by atoms with E-state index in [1.54, 1.807) is 0 Å². The van der Waals surface area contributed by atoms with Crippen molar-refractivity contribution >= 4 is 23.9 Å². The van der Waals surface area contributed by atoms with E-state index in [4.69, 9.17) is 23.7 Å². The van der Waals surface area contributed by atoms with Crippen LogP contribution < -0.4 is 0 Å². The first-order valence-corrected chi connectivity index (χ1v) is 15.1. The molecule has 5 heterocycles. The number of esters is 4. The van der Waals surface area contributed by atoms with Gasteiger partial charge < -0.3 is 38.6 Å². The molecule has 44 heavy (non-hydrogen) atoms. The van der Waals surface area contributed by atoms with E-state index in [9.17, 15) is 29.4 Å². The van der Waals surface area contributed by atoms with Gasteiger partial charge in [0, 0.05) is 31.3 Å². The lowest BCUT2D eigenvalue weighted by atomic mass is 9.52. The maximum Gasteiger partial charge on any atom is 0.346 e.